The van der Waals surface area contributed by atoms with Gasteiger partial charge in [0.05, 0.1) is 17.2 Å². The quantitative estimate of drug-likeness (QED) is 0.293. The molecule has 6 heteroatoms. The average Bonchev–Trinajstić information content (AvgIpc) is 3.33. The highest BCUT2D eigenvalue weighted by atomic mass is 127. The predicted molar refractivity (Wildman–Crippen MR) is 132 cm³/mol. The molecule has 31 heavy (non-hydrogen) atoms. The Morgan fingerprint density at radius 3 is 2.39 bits per heavy atom. The highest BCUT2D eigenvalue weighted by Crippen LogP contribution is 2.36. The number of halogens is 1. The summed E-state index contributed by atoms with van der Waals surface area (Å²) >= 11 is 2.34. The summed E-state index contributed by atoms with van der Waals surface area (Å²) in [5.41, 5.74) is 4.00. The van der Waals surface area contributed by atoms with Gasteiger partial charge < -0.3 is 9.30 Å². The van der Waals surface area contributed by atoms with Gasteiger partial charge in [0.2, 0.25) is 0 Å². The molecule has 0 radical (unpaired) electrons. The van der Waals surface area contributed by atoms with Crippen molar-refractivity contribution in [1.82, 2.24) is 14.3 Å². The van der Waals surface area contributed by atoms with E-state index >= 15 is 0 Å². The highest BCUT2D eigenvalue weighted by Gasteiger charge is 2.27. The van der Waals surface area contributed by atoms with Crippen LogP contribution in [0.4, 0.5) is 0 Å². The molecule has 4 aromatic rings. The number of aromatic nitrogens is 3. The van der Waals surface area contributed by atoms with E-state index < -0.39 is 5.41 Å². The van der Waals surface area contributed by atoms with Crippen LogP contribution >= 0.6 is 22.6 Å². The topological polar surface area (TPSA) is 49.1 Å². The van der Waals surface area contributed by atoms with Gasteiger partial charge in [-0.1, -0.05) is 20.8 Å². The molecule has 0 amide bonds. The Balaban J connectivity index is 1.74. The van der Waals surface area contributed by atoms with Crippen LogP contribution in [-0.4, -0.2) is 33.5 Å². The van der Waals surface area contributed by atoms with Crippen LogP contribution in [0, 0.1) is 8.99 Å². The first-order valence-corrected chi connectivity index (χ1v) is 11.8. The summed E-state index contributed by atoms with van der Waals surface area (Å²) in [6.07, 6.45) is 3.85. The number of hydrogen-bond acceptors (Lipinski definition) is 3. The molecule has 0 atom stereocenters. The monoisotopic (exact) mass is 527 g/mol. The fourth-order valence-electron chi connectivity index (χ4n) is 4.40. The van der Waals surface area contributed by atoms with Gasteiger partial charge >= 0.3 is 0 Å². The van der Waals surface area contributed by atoms with E-state index in [1.165, 1.54) is 9.26 Å². The Bertz CT molecular complexity index is 1270. The fraction of sp³-hybridized carbons (Fsp3) is 0.360. The van der Waals surface area contributed by atoms with Crippen LogP contribution in [0.1, 0.15) is 50.0 Å². The number of carbonyl (C=O) groups is 1. The van der Waals surface area contributed by atoms with Crippen molar-refractivity contribution < 1.29 is 9.53 Å². The SMILES string of the molecule is CC(C)(C)C(=O)n1ncc2cc3c(cc(C4CCOCC4)n3-c3ccc(I)cc3)cc21. The number of fused-ring (bicyclic) bond motifs is 2. The number of benzene rings is 2. The largest absolute Gasteiger partial charge is 0.381 e. The maximum absolute atomic E-state index is 12.9. The molecular weight excluding hydrogens is 501 g/mol. The van der Waals surface area contributed by atoms with Gasteiger partial charge in [-0.3, -0.25) is 4.79 Å². The molecule has 0 aliphatic carbocycles. The molecule has 3 heterocycles. The summed E-state index contributed by atoms with van der Waals surface area (Å²) in [5, 5.41) is 6.55. The maximum Gasteiger partial charge on any atom is 0.252 e. The molecule has 0 bridgehead atoms. The van der Waals surface area contributed by atoms with Crippen LogP contribution in [-0.2, 0) is 4.74 Å². The third kappa shape index (κ3) is 3.69. The maximum atomic E-state index is 12.9. The van der Waals surface area contributed by atoms with E-state index in [1.54, 1.807) is 10.9 Å². The fourth-order valence-corrected chi connectivity index (χ4v) is 4.76. The Kier molecular flexibility index (Phi) is 5.17. The Morgan fingerprint density at radius 2 is 1.71 bits per heavy atom. The van der Waals surface area contributed by atoms with Gasteiger partial charge in [0.15, 0.2) is 0 Å². The lowest BCUT2D eigenvalue weighted by atomic mass is 9.95. The van der Waals surface area contributed by atoms with Gasteiger partial charge in [0.25, 0.3) is 5.91 Å². The molecule has 0 saturated carbocycles. The van der Waals surface area contributed by atoms with Crippen molar-refractivity contribution in [2.45, 2.75) is 39.5 Å². The van der Waals surface area contributed by atoms with Gasteiger partial charge in [-0.2, -0.15) is 9.78 Å². The van der Waals surface area contributed by atoms with Crippen LogP contribution < -0.4 is 0 Å². The van der Waals surface area contributed by atoms with Crippen LogP contribution in [0.2, 0.25) is 0 Å². The summed E-state index contributed by atoms with van der Waals surface area (Å²) in [7, 11) is 0. The van der Waals surface area contributed by atoms with E-state index in [-0.39, 0.29) is 5.91 Å². The van der Waals surface area contributed by atoms with Crippen molar-refractivity contribution in [3.05, 3.63) is 57.9 Å². The van der Waals surface area contributed by atoms with Crippen molar-refractivity contribution in [2.24, 2.45) is 5.41 Å². The summed E-state index contributed by atoms with van der Waals surface area (Å²) in [6, 6.07) is 15.2. The summed E-state index contributed by atoms with van der Waals surface area (Å²) < 4.78 is 10.8. The molecule has 160 valence electrons. The highest BCUT2D eigenvalue weighted by molar-refractivity contribution is 14.1. The van der Waals surface area contributed by atoms with Gasteiger partial charge in [0, 0.05) is 50.3 Å². The number of nitrogens with zero attached hydrogens (tertiary/aromatic N) is 3. The van der Waals surface area contributed by atoms with E-state index in [1.807, 2.05) is 20.8 Å². The van der Waals surface area contributed by atoms with E-state index in [4.69, 9.17) is 4.74 Å². The zero-order valence-electron chi connectivity index (χ0n) is 18.1. The van der Waals surface area contributed by atoms with Crippen LogP contribution in [0.25, 0.3) is 27.5 Å². The Morgan fingerprint density at radius 1 is 1.03 bits per heavy atom. The van der Waals surface area contributed by atoms with Gasteiger partial charge in [-0.05, 0) is 77.9 Å². The second-order valence-corrected chi connectivity index (χ2v) is 10.6. The zero-order valence-corrected chi connectivity index (χ0v) is 20.2. The van der Waals surface area contributed by atoms with Gasteiger partial charge in [0.1, 0.15) is 0 Å². The number of ether oxygens (including phenoxy) is 1. The first-order valence-electron chi connectivity index (χ1n) is 10.7. The van der Waals surface area contributed by atoms with Crippen LogP contribution in [0.5, 0.6) is 0 Å². The van der Waals surface area contributed by atoms with E-state index in [0.717, 1.165) is 53.5 Å². The summed E-state index contributed by atoms with van der Waals surface area (Å²) in [6.45, 7) is 7.39. The zero-order chi connectivity index (χ0) is 21.8. The molecule has 5 nitrogen and oxygen atoms in total. The molecule has 0 unspecified atom stereocenters. The molecule has 0 spiro atoms. The first kappa shape index (κ1) is 20.7. The summed E-state index contributed by atoms with van der Waals surface area (Å²) in [4.78, 5) is 12.9. The predicted octanol–water partition coefficient (Wildman–Crippen LogP) is 6.17. The van der Waals surface area contributed by atoms with Crippen molar-refractivity contribution in [3.63, 3.8) is 0 Å². The molecule has 1 aliphatic rings. The molecule has 2 aromatic heterocycles. The molecule has 2 aromatic carbocycles. The molecule has 1 saturated heterocycles. The minimum Gasteiger partial charge on any atom is -0.381 e. The molecular formula is C25H26IN3O2. The lowest BCUT2D eigenvalue weighted by molar-refractivity contribution is 0.0755. The van der Waals surface area contributed by atoms with Crippen molar-refractivity contribution in [1.29, 1.82) is 0 Å². The average molecular weight is 527 g/mol. The summed E-state index contributed by atoms with van der Waals surface area (Å²) in [5.74, 6) is 0.458. The normalized spacial score (nSPS) is 15.7. The second-order valence-electron chi connectivity index (χ2n) is 9.35. The van der Waals surface area contributed by atoms with E-state index in [0.29, 0.717) is 5.92 Å². The van der Waals surface area contributed by atoms with E-state index in [9.17, 15) is 4.79 Å². The number of rotatable bonds is 2. The number of hydrogen-bond donors (Lipinski definition) is 0. The van der Waals surface area contributed by atoms with Crippen molar-refractivity contribution >= 4 is 50.3 Å². The van der Waals surface area contributed by atoms with Crippen LogP contribution in [0.15, 0.2) is 48.7 Å². The molecule has 5 rings (SSSR count). The third-order valence-electron chi connectivity index (χ3n) is 6.08. The molecule has 1 fully saturated rings. The first-order chi connectivity index (χ1) is 14.8. The van der Waals surface area contributed by atoms with Gasteiger partial charge in [-0.15, -0.1) is 0 Å². The Hall–Kier alpha value is -2.19. The van der Waals surface area contributed by atoms with Gasteiger partial charge in [-0.25, -0.2) is 0 Å². The lowest BCUT2D eigenvalue weighted by Gasteiger charge is -2.24. The minimum atomic E-state index is -0.492. The standard InChI is InChI=1S/C25H26IN3O2/c1-25(2,3)24(30)29-23-13-17-12-21(16-8-10-31-11-9-16)28(20-6-4-19(26)5-7-20)22(17)14-18(23)15-27-29/h4-7,12-16H,8-11H2,1-3H3. The Labute approximate surface area is 195 Å². The third-order valence-corrected chi connectivity index (χ3v) is 6.80. The minimum absolute atomic E-state index is 0.00331. The lowest BCUT2D eigenvalue weighted by Crippen LogP contribution is -2.27. The molecule has 1 aliphatic heterocycles. The van der Waals surface area contributed by atoms with Crippen molar-refractivity contribution in [2.75, 3.05) is 13.2 Å². The smallest absolute Gasteiger partial charge is 0.252 e. The number of carbonyl (C=O) groups excluding carboxylic acids is 1. The van der Waals surface area contributed by atoms with Crippen LogP contribution in [0.3, 0.4) is 0 Å². The van der Waals surface area contributed by atoms with Crippen molar-refractivity contribution in [3.8, 4) is 5.69 Å². The van der Waals surface area contributed by atoms with E-state index in [2.05, 4.69) is 74.7 Å². The molecule has 0 N–H and O–H groups in total. The second kappa shape index (κ2) is 7.74.